The maximum absolute atomic E-state index is 13.6. The van der Waals surface area contributed by atoms with Crippen molar-refractivity contribution in [3.63, 3.8) is 0 Å². The number of nitrogens with one attached hydrogen (secondary N) is 2. The maximum Gasteiger partial charge on any atom is 0.327 e. The fraction of sp³-hybridized carbons (Fsp3) is 0.273. The highest BCUT2D eigenvalue weighted by atomic mass is 19.1. The van der Waals surface area contributed by atoms with E-state index in [0.29, 0.717) is 11.0 Å². The van der Waals surface area contributed by atoms with Crippen molar-refractivity contribution < 1.29 is 18.4 Å². The van der Waals surface area contributed by atoms with Gasteiger partial charge in [-0.05, 0) is 42.7 Å². The van der Waals surface area contributed by atoms with Crippen LogP contribution in [0, 0.1) is 11.6 Å². The Morgan fingerprint density at radius 1 is 1.00 bits per heavy atom. The van der Waals surface area contributed by atoms with Crippen LogP contribution in [0.15, 0.2) is 42.6 Å². The van der Waals surface area contributed by atoms with E-state index in [-0.39, 0.29) is 5.82 Å². The fourth-order valence-corrected chi connectivity index (χ4v) is 3.06. The van der Waals surface area contributed by atoms with Crippen molar-refractivity contribution in [2.75, 3.05) is 5.32 Å². The second-order valence-electron chi connectivity index (χ2n) is 6.89. The number of carbonyl (C=O) groups is 2. The number of amides is 3. The summed E-state index contributed by atoms with van der Waals surface area (Å²) in [7, 11) is 0. The summed E-state index contributed by atoms with van der Waals surface area (Å²) in [5.74, 6) is -3.20. The number of urea groups is 1. The van der Waals surface area contributed by atoms with Crippen LogP contribution in [0.5, 0.6) is 0 Å². The predicted molar refractivity (Wildman–Crippen MR) is 110 cm³/mol. The van der Waals surface area contributed by atoms with Crippen molar-refractivity contribution in [1.82, 2.24) is 15.3 Å². The van der Waals surface area contributed by atoms with Crippen LogP contribution in [0.4, 0.5) is 19.4 Å². The van der Waals surface area contributed by atoms with Gasteiger partial charge in [0, 0.05) is 0 Å². The van der Waals surface area contributed by atoms with Crippen molar-refractivity contribution in [3.05, 3.63) is 65.4 Å². The summed E-state index contributed by atoms with van der Waals surface area (Å²) in [6.45, 7) is 2.17. The van der Waals surface area contributed by atoms with Crippen LogP contribution < -0.4 is 10.6 Å². The minimum absolute atomic E-state index is 0.109. The number of rotatable bonds is 7. The first-order valence-electron chi connectivity index (χ1n) is 9.80. The molecule has 0 saturated carbocycles. The van der Waals surface area contributed by atoms with Crippen molar-refractivity contribution in [2.45, 2.75) is 39.0 Å². The molecule has 2 N–H and O–H groups in total. The van der Waals surface area contributed by atoms with Crippen LogP contribution in [0.1, 0.15) is 48.5 Å². The van der Waals surface area contributed by atoms with Crippen LogP contribution in [0.25, 0.3) is 11.0 Å². The van der Waals surface area contributed by atoms with Crippen LogP contribution in [0.2, 0.25) is 0 Å². The van der Waals surface area contributed by atoms with Crippen LogP contribution in [-0.4, -0.2) is 21.9 Å². The van der Waals surface area contributed by atoms with Crippen LogP contribution >= 0.6 is 0 Å². The molecule has 2 aromatic carbocycles. The monoisotopic (exact) mass is 412 g/mol. The van der Waals surface area contributed by atoms with Gasteiger partial charge in [-0.2, -0.15) is 0 Å². The SMILES string of the molecule is CCCCCCc1ccc2nc(NC(=O)NC(=O)c3c(F)cccc3F)cnc2c1. The Bertz CT molecular complexity index is 1050. The third kappa shape index (κ3) is 5.34. The Hall–Kier alpha value is -3.42. The Balaban J connectivity index is 1.64. The molecule has 30 heavy (non-hydrogen) atoms. The molecule has 3 aromatic rings. The number of hydrogen-bond donors (Lipinski definition) is 2. The van der Waals surface area contributed by atoms with Crippen LogP contribution in [0.3, 0.4) is 0 Å². The number of anilines is 1. The van der Waals surface area contributed by atoms with Gasteiger partial charge in [0.05, 0.1) is 17.2 Å². The Morgan fingerprint density at radius 3 is 2.50 bits per heavy atom. The second-order valence-corrected chi connectivity index (χ2v) is 6.89. The molecule has 6 nitrogen and oxygen atoms in total. The number of aromatic nitrogens is 2. The van der Waals surface area contributed by atoms with Gasteiger partial charge in [0.1, 0.15) is 17.2 Å². The molecule has 0 spiro atoms. The minimum atomic E-state index is -1.19. The van der Waals surface area contributed by atoms with Gasteiger partial charge in [-0.3, -0.25) is 20.4 Å². The highest BCUT2D eigenvalue weighted by Crippen LogP contribution is 2.17. The van der Waals surface area contributed by atoms with E-state index in [0.717, 1.165) is 31.0 Å². The largest absolute Gasteiger partial charge is 0.327 e. The molecule has 0 aliphatic rings. The highest BCUT2D eigenvalue weighted by Gasteiger charge is 2.19. The number of carbonyl (C=O) groups excluding carboxylic acids is 2. The average molecular weight is 412 g/mol. The second kappa shape index (κ2) is 9.87. The molecule has 0 bridgehead atoms. The lowest BCUT2D eigenvalue weighted by Crippen LogP contribution is -2.35. The molecule has 0 unspecified atom stereocenters. The van der Waals surface area contributed by atoms with Crippen molar-refractivity contribution in [2.24, 2.45) is 0 Å². The lowest BCUT2D eigenvalue weighted by atomic mass is 10.1. The van der Waals surface area contributed by atoms with E-state index in [2.05, 4.69) is 22.2 Å². The van der Waals surface area contributed by atoms with E-state index in [1.165, 1.54) is 31.0 Å². The molecule has 0 saturated heterocycles. The van der Waals surface area contributed by atoms with Gasteiger partial charge in [-0.25, -0.2) is 18.6 Å². The number of unbranched alkanes of at least 4 members (excludes halogenated alkanes) is 3. The summed E-state index contributed by atoms with van der Waals surface area (Å²) in [5.41, 5.74) is 1.61. The van der Waals surface area contributed by atoms with E-state index < -0.39 is 29.1 Å². The third-order valence-electron chi connectivity index (χ3n) is 4.58. The standard InChI is InChI=1S/C22H22F2N4O2/c1-2-3-4-5-7-14-10-11-17-18(12-14)25-13-19(26-17)27-22(30)28-21(29)20-15(23)8-6-9-16(20)24/h6,8-13H,2-5,7H2,1H3,(H2,26,27,28,29,30). The highest BCUT2D eigenvalue weighted by molar-refractivity contribution is 6.08. The zero-order chi connectivity index (χ0) is 21.5. The average Bonchev–Trinajstić information content (AvgIpc) is 2.71. The molecular formula is C22H22F2N4O2. The lowest BCUT2D eigenvalue weighted by Gasteiger charge is -2.08. The van der Waals surface area contributed by atoms with E-state index in [4.69, 9.17) is 0 Å². The normalized spacial score (nSPS) is 10.8. The summed E-state index contributed by atoms with van der Waals surface area (Å²) >= 11 is 0. The molecule has 3 amide bonds. The summed E-state index contributed by atoms with van der Waals surface area (Å²) in [4.78, 5) is 32.6. The summed E-state index contributed by atoms with van der Waals surface area (Å²) in [6.07, 6.45) is 7.03. The maximum atomic E-state index is 13.6. The number of aryl methyl sites for hydroxylation is 1. The zero-order valence-electron chi connectivity index (χ0n) is 16.5. The molecule has 3 rings (SSSR count). The zero-order valence-corrected chi connectivity index (χ0v) is 16.5. The number of halogens is 2. The Kier molecular flexibility index (Phi) is 7.00. The van der Waals surface area contributed by atoms with E-state index >= 15 is 0 Å². The quantitative estimate of drug-likeness (QED) is 0.536. The lowest BCUT2D eigenvalue weighted by molar-refractivity contribution is 0.0959. The Labute approximate surface area is 172 Å². The first-order chi connectivity index (χ1) is 14.5. The first-order valence-corrected chi connectivity index (χ1v) is 9.80. The van der Waals surface area contributed by atoms with Gasteiger partial charge < -0.3 is 0 Å². The van der Waals surface area contributed by atoms with Gasteiger partial charge >= 0.3 is 6.03 Å². The third-order valence-corrected chi connectivity index (χ3v) is 4.58. The van der Waals surface area contributed by atoms with Gasteiger partial charge in [-0.1, -0.05) is 38.3 Å². The van der Waals surface area contributed by atoms with E-state index in [1.54, 1.807) is 0 Å². The van der Waals surface area contributed by atoms with Gasteiger partial charge in [0.15, 0.2) is 5.82 Å². The van der Waals surface area contributed by atoms with Gasteiger partial charge in [0.2, 0.25) is 0 Å². The molecule has 1 aromatic heterocycles. The molecule has 0 aliphatic heterocycles. The summed E-state index contributed by atoms with van der Waals surface area (Å²) in [5, 5.41) is 4.23. The first kappa shape index (κ1) is 21.3. The molecule has 0 fully saturated rings. The van der Waals surface area contributed by atoms with Gasteiger partial charge in [0.25, 0.3) is 5.91 Å². The van der Waals surface area contributed by atoms with Crippen molar-refractivity contribution >= 4 is 28.8 Å². The molecule has 1 heterocycles. The molecule has 8 heteroatoms. The smallest absolute Gasteiger partial charge is 0.291 e. The number of fused-ring (bicyclic) bond motifs is 1. The molecule has 156 valence electrons. The summed E-state index contributed by atoms with van der Waals surface area (Å²) in [6, 6.07) is 7.78. The van der Waals surface area contributed by atoms with Crippen molar-refractivity contribution in [3.8, 4) is 0 Å². The predicted octanol–water partition coefficient (Wildman–Crippen LogP) is 4.99. The number of nitrogens with zero attached hydrogens (tertiary/aromatic N) is 2. The molecule has 0 radical (unpaired) electrons. The van der Waals surface area contributed by atoms with E-state index in [1.807, 2.05) is 23.5 Å². The summed E-state index contributed by atoms with van der Waals surface area (Å²) < 4.78 is 27.3. The molecular weight excluding hydrogens is 390 g/mol. The number of imide groups is 1. The molecule has 0 aliphatic carbocycles. The van der Waals surface area contributed by atoms with Crippen molar-refractivity contribution in [1.29, 1.82) is 0 Å². The topological polar surface area (TPSA) is 84.0 Å². The Morgan fingerprint density at radius 2 is 1.77 bits per heavy atom. The minimum Gasteiger partial charge on any atom is -0.291 e. The number of benzene rings is 2. The van der Waals surface area contributed by atoms with Crippen LogP contribution in [-0.2, 0) is 6.42 Å². The number of hydrogen-bond acceptors (Lipinski definition) is 4. The van der Waals surface area contributed by atoms with E-state index in [9.17, 15) is 18.4 Å². The fourth-order valence-electron chi connectivity index (χ4n) is 3.06. The van der Waals surface area contributed by atoms with Gasteiger partial charge in [-0.15, -0.1) is 0 Å². The molecule has 0 atom stereocenters.